The SMILES string of the molecule is COC(=O)c1ccc(C)c(NC(=O)COc2ccc3c(C)cc(=O)oc3c2)c1. The molecule has 0 spiro atoms. The van der Waals surface area contributed by atoms with Crippen molar-refractivity contribution < 1.29 is 23.5 Å². The molecule has 0 aliphatic heterocycles. The lowest BCUT2D eigenvalue weighted by atomic mass is 10.1. The molecular weight excluding hydrogens is 362 g/mol. The summed E-state index contributed by atoms with van der Waals surface area (Å²) in [6.07, 6.45) is 0. The number of fused-ring (bicyclic) bond motifs is 1. The summed E-state index contributed by atoms with van der Waals surface area (Å²) in [4.78, 5) is 35.4. The van der Waals surface area contributed by atoms with Crippen LogP contribution in [0.15, 0.2) is 51.7 Å². The van der Waals surface area contributed by atoms with Gasteiger partial charge in [0.2, 0.25) is 0 Å². The molecule has 0 aliphatic carbocycles. The van der Waals surface area contributed by atoms with E-state index in [0.29, 0.717) is 22.6 Å². The Balaban J connectivity index is 1.70. The summed E-state index contributed by atoms with van der Waals surface area (Å²) < 4.78 is 15.4. The van der Waals surface area contributed by atoms with Gasteiger partial charge in [-0.25, -0.2) is 9.59 Å². The third-order valence-electron chi connectivity index (χ3n) is 4.23. The Morgan fingerprint density at radius 3 is 2.57 bits per heavy atom. The van der Waals surface area contributed by atoms with Crippen LogP contribution >= 0.6 is 0 Å². The minimum Gasteiger partial charge on any atom is -0.484 e. The predicted octanol–water partition coefficient (Wildman–Crippen LogP) is 3.21. The molecule has 144 valence electrons. The van der Waals surface area contributed by atoms with Gasteiger partial charge in [-0.2, -0.15) is 0 Å². The number of benzene rings is 2. The van der Waals surface area contributed by atoms with E-state index in [-0.39, 0.29) is 6.61 Å². The highest BCUT2D eigenvalue weighted by atomic mass is 16.5. The minimum absolute atomic E-state index is 0.247. The van der Waals surface area contributed by atoms with Crippen molar-refractivity contribution >= 4 is 28.5 Å². The molecule has 0 unspecified atom stereocenters. The van der Waals surface area contributed by atoms with Crippen molar-refractivity contribution in [3.63, 3.8) is 0 Å². The first-order valence-electron chi connectivity index (χ1n) is 8.53. The second-order valence-corrected chi connectivity index (χ2v) is 6.26. The van der Waals surface area contributed by atoms with Crippen LogP contribution < -0.4 is 15.7 Å². The molecule has 3 aromatic rings. The lowest BCUT2D eigenvalue weighted by Gasteiger charge is -2.11. The van der Waals surface area contributed by atoms with Crippen LogP contribution in [0.4, 0.5) is 5.69 Å². The molecule has 0 radical (unpaired) electrons. The molecule has 3 rings (SSSR count). The topological polar surface area (TPSA) is 94.8 Å². The van der Waals surface area contributed by atoms with E-state index in [4.69, 9.17) is 9.15 Å². The monoisotopic (exact) mass is 381 g/mol. The average Bonchev–Trinajstić information content (AvgIpc) is 2.67. The molecule has 0 atom stereocenters. The van der Waals surface area contributed by atoms with Gasteiger partial charge in [-0.1, -0.05) is 6.07 Å². The Kier molecular flexibility index (Phi) is 5.44. The Hall–Kier alpha value is -3.61. The van der Waals surface area contributed by atoms with Gasteiger partial charge in [0.15, 0.2) is 6.61 Å². The van der Waals surface area contributed by atoms with Gasteiger partial charge in [0.25, 0.3) is 5.91 Å². The maximum absolute atomic E-state index is 12.2. The maximum atomic E-state index is 12.2. The van der Waals surface area contributed by atoms with Crippen molar-refractivity contribution in [3.05, 3.63) is 69.6 Å². The van der Waals surface area contributed by atoms with Gasteiger partial charge in [0.1, 0.15) is 11.3 Å². The number of methoxy groups -OCH3 is 1. The number of nitrogens with one attached hydrogen (secondary N) is 1. The van der Waals surface area contributed by atoms with Crippen molar-refractivity contribution in [2.45, 2.75) is 13.8 Å². The zero-order valence-corrected chi connectivity index (χ0v) is 15.7. The molecular formula is C21H19NO6. The number of anilines is 1. The highest BCUT2D eigenvalue weighted by Crippen LogP contribution is 2.22. The number of amides is 1. The number of hydrogen-bond donors (Lipinski definition) is 1. The summed E-state index contributed by atoms with van der Waals surface area (Å²) in [5, 5.41) is 3.51. The van der Waals surface area contributed by atoms with E-state index in [9.17, 15) is 14.4 Å². The molecule has 0 saturated heterocycles. The van der Waals surface area contributed by atoms with E-state index in [2.05, 4.69) is 10.1 Å². The molecule has 1 aromatic heterocycles. The summed E-state index contributed by atoms with van der Waals surface area (Å²) in [6.45, 7) is 3.38. The second-order valence-electron chi connectivity index (χ2n) is 6.26. The van der Waals surface area contributed by atoms with E-state index in [1.165, 1.54) is 13.2 Å². The number of aryl methyl sites for hydroxylation is 2. The smallest absolute Gasteiger partial charge is 0.337 e. The first kappa shape index (κ1) is 19.2. The lowest BCUT2D eigenvalue weighted by molar-refractivity contribution is -0.118. The van der Waals surface area contributed by atoms with Gasteiger partial charge in [0.05, 0.1) is 12.7 Å². The zero-order chi connectivity index (χ0) is 20.3. The maximum Gasteiger partial charge on any atom is 0.337 e. The quantitative estimate of drug-likeness (QED) is 0.539. The summed E-state index contributed by atoms with van der Waals surface area (Å²) in [7, 11) is 1.29. The van der Waals surface area contributed by atoms with Crippen molar-refractivity contribution in [2.24, 2.45) is 0 Å². The van der Waals surface area contributed by atoms with Crippen LogP contribution in [0.2, 0.25) is 0 Å². The van der Waals surface area contributed by atoms with Crippen molar-refractivity contribution in [1.82, 2.24) is 0 Å². The third kappa shape index (κ3) is 4.20. The predicted molar refractivity (Wildman–Crippen MR) is 104 cm³/mol. The van der Waals surface area contributed by atoms with Crippen LogP contribution in [0.3, 0.4) is 0 Å². The van der Waals surface area contributed by atoms with Crippen LogP contribution in [0, 0.1) is 13.8 Å². The Morgan fingerprint density at radius 2 is 1.82 bits per heavy atom. The summed E-state index contributed by atoms with van der Waals surface area (Å²) in [6, 6.07) is 11.3. The molecule has 0 bridgehead atoms. The van der Waals surface area contributed by atoms with E-state index in [0.717, 1.165) is 16.5 Å². The first-order chi connectivity index (χ1) is 13.4. The molecule has 0 aliphatic rings. The van der Waals surface area contributed by atoms with Gasteiger partial charge in [0, 0.05) is 23.2 Å². The number of rotatable bonds is 5. The fourth-order valence-corrected chi connectivity index (χ4v) is 2.73. The molecule has 28 heavy (non-hydrogen) atoms. The number of carbonyl (C=O) groups excluding carboxylic acids is 2. The molecule has 1 heterocycles. The van der Waals surface area contributed by atoms with E-state index >= 15 is 0 Å². The number of hydrogen-bond acceptors (Lipinski definition) is 6. The standard InChI is InChI=1S/C21H19NO6/c1-12-4-5-14(21(25)26-3)9-17(12)22-19(23)11-27-15-6-7-16-13(2)8-20(24)28-18(16)10-15/h4-10H,11H2,1-3H3,(H,22,23). The summed E-state index contributed by atoms with van der Waals surface area (Å²) >= 11 is 0. The van der Waals surface area contributed by atoms with Crippen LogP contribution in [0.5, 0.6) is 5.75 Å². The first-order valence-corrected chi connectivity index (χ1v) is 8.53. The zero-order valence-electron chi connectivity index (χ0n) is 15.7. The molecule has 7 nitrogen and oxygen atoms in total. The Morgan fingerprint density at radius 1 is 1.04 bits per heavy atom. The van der Waals surface area contributed by atoms with Crippen molar-refractivity contribution in [2.75, 3.05) is 19.0 Å². The fraction of sp³-hybridized carbons (Fsp3) is 0.190. The van der Waals surface area contributed by atoms with E-state index < -0.39 is 17.5 Å². The molecule has 1 N–H and O–H groups in total. The van der Waals surface area contributed by atoms with E-state index in [1.54, 1.807) is 36.4 Å². The molecule has 0 fully saturated rings. The van der Waals surface area contributed by atoms with Gasteiger partial charge in [-0.3, -0.25) is 4.79 Å². The van der Waals surface area contributed by atoms with Crippen molar-refractivity contribution in [1.29, 1.82) is 0 Å². The summed E-state index contributed by atoms with van der Waals surface area (Å²) in [5.74, 6) is -0.480. The molecule has 0 saturated carbocycles. The summed E-state index contributed by atoms with van der Waals surface area (Å²) in [5.41, 5.74) is 2.38. The number of ether oxygens (including phenoxy) is 2. The van der Waals surface area contributed by atoms with E-state index in [1.807, 2.05) is 13.8 Å². The van der Waals surface area contributed by atoms with Crippen molar-refractivity contribution in [3.8, 4) is 5.75 Å². The van der Waals surface area contributed by atoms with Gasteiger partial charge in [-0.05, 0) is 49.2 Å². The molecule has 1 amide bonds. The van der Waals surface area contributed by atoms with Crippen LogP contribution in [0.1, 0.15) is 21.5 Å². The Bertz CT molecular complexity index is 1120. The number of carbonyl (C=O) groups is 2. The van der Waals surface area contributed by atoms with Gasteiger partial charge < -0.3 is 19.2 Å². The normalized spacial score (nSPS) is 10.5. The van der Waals surface area contributed by atoms with Crippen LogP contribution in [-0.2, 0) is 9.53 Å². The molecule has 7 heteroatoms. The van der Waals surface area contributed by atoms with Crippen LogP contribution in [0.25, 0.3) is 11.0 Å². The van der Waals surface area contributed by atoms with Gasteiger partial charge >= 0.3 is 11.6 Å². The lowest BCUT2D eigenvalue weighted by Crippen LogP contribution is -2.21. The average molecular weight is 381 g/mol. The number of esters is 1. The largest absolute Gasteiger partial charge is 0.484 e. The second kappa shape index (κ2) is 7.96. The Labute approximate surface area is 160 Å². The highest BCUT2D eigenvalue weighted by molar-refractivity contribution is 5.96. The molecule has 2 aromatic carbocycles. The minimum atomic E-state index is -0.486. The van der Waals surface area contributed by atoms with Crippen LogP contribution in [-0.4, -0.2) is 25.6 Å². The third-order valence-corrected chi connectivity index (χ3v) is 4.23. The highest BCUT2D eigenvalue weighted by Gasteiger charge is 2.11. The fourth-order valence-electron chi connectivity index (χ4n) is 2.73. The van der Waals surface area contributed by atoms with Gasteiger partial charge in [-0.15, -0.1) is 0 Å².